The zero-order valence-corrected chi connectivity index (χ0v) is 14.9. The monoisotopic (exact) mass is 463 g/mol. The lowest BCUT2D eigenvalue weighted by molar-refractivity contribution is -0.348. The van der Waals surface area contributed by atoms with E-state index in [1.807, 2.05) is 0 Å². The minimum Gasteiger partial charge on any atom is -0.218 e. The molecule has 0 saturated carbocycles. The number of alkyl halides is 7. The Morgan fingerprint density at radius 1 is 0.963 bits per heavy atom. The third-order valence-electron chi connectivity index (χ3n) is 3.83. The molecule has 0 aliphatic heterocycles. The molecule has 0 N–H and O–H groups in total. The summed E-state index contributed by atoms with van der Waals surface area (Å²) in [5, 5.41) is 0. The number of hydrogen-bond donors (Lipinski definition) is 0. The maximum absolute atomic E-state index is 14.7. The van der Waals surface area contributed by atoms with Gasteiger partial charge in [0.05, 0.1) is 0 Å². The first kappa shape index (κ1) is 21.6. The zero-order valence-electron chi connectivity index (χ0n) is 13.3. The minimum atomic E-state index is -6.41. The average molecular weight is 464 g/mol. The summed E-state index contributed by atoms with van der Waals surface area (Å²) in [7, 11) is 0. The molecule has 1 radical (unpaired) electrons. The Kier molecular flexibility index (Phi) is 5.62. The number of benzene rings is 2. The van der Waals surface area contributed by atoms with E-state index in [4.69, 9.17) is 0 Å². The Labute approximate surface area is 156 Å². The van der Waals surface area contributed by atoms with Crippen LogP contribution in [0, 0.1) is 17.7 Å². The van der Waals surface area contributed by atoms with Gasteiger partial charge in [-0.3, -0.25) is 0 Å². The highest BCUT2D eigenvalue weighted by atomic mass is 79.9. The van der Waals surface area contributed by atoms with E-state index in [1.54, 1.807) is 0 Å². The summed E-state index contributed by atoms with van der Waals surface area (Å²) >= 11 is 2.71. The fourth-order valence-corrected chi connectivity index (χ4v) is 3.17. The average Bonchev–Trinajstić information content (AvgIpc) is 2.54. The molecule has 0 amide bonds. The third-order valence-corrected chi connectivity index (χ3v) is 4.43. The Bertz CT molecular complexity index is 839. The predicted octanol–water partition coefficient (Wildman–Crippen LogP) is 7.05. The molecule has 0 nitrogen and oxygen atoms in total. The van der Waals surface area contributed by atoms with E-state index in [0.717, 1.165) is 12.1 Å². The molecule has 0 atom stereocenters. The van der Waals surface area contributed by atoms with Gasteiger partial charge in [0.15, 0.2) is 11.6 Å². The van der Waals surface area contributed by atoms with Gasteiger partial charge in [-0.2, -0.15) is 26.3 Å². The van der Waals surface area contributed by atoms with Gasteiger partial charge in [-0.25, -0.2) is 13.2 Å². The van der Waals surface area contributed by atoms with Gasteiger partial charge < -0.3 is 0 Å². The Morgan fingerprint density at radius 3 is 2.00 bits per heavy atom. The van der Waals surface area contributed by atoms with E-state index in [9.17, 15) is 39.5 Å². The first-order chi connectivity index (χ1) is 12.3. The largest absolute Gasteiger partial charge is 0.435 e. The van der Waals surface area contributed by atoms with Crippen molar-refractivity contribution in [1.82, 2.24) is 0 Å². The summed E-state index contributed by atoms with van der Waals surface area (Å²) in [6, 6.07) is 4.96. The molecule has 10 heteroatoms. The van der Waals surface area contributed by atoms with Crippen LogP contribution in [0.1, 0.15) is 18.1 Å². The normalized spacial score (nSPS) is 13.1. The first-order valence-electron chi connectivity index (χ1n) is 7.27. The highest BCUT2D eigenvalue weighted by Gasteiger charge is 2.74. The summed E-state index contributed by atoms with van der Waals surface area (Å²) in [6.07, 6.45) is -12.9. The van der Waals surface area contributed by atoms with Crippen LogP contribution in [0.2, 0.25) is 0 Å². The van der Waals surface area contributed by atoms with Crippen LogP contribution in [0.3, 0.4) is 0 Å². The second-order valence-electron chi connectivity index (χ2n) is 5.51. The van der Waals surface area contributed by atoms with E-state index in [-0.39, 0.29) is 12.0 Å². The van der Waals surface area contributed by atoms with Gasteiger partial charge in [-0.05, 0) is 34.0 Å². The van der Waals surface area contributed by atoms with E-state index in [1.165, 1.54) is 6.92 Å². The fraction of sp³-hybridized carbons (Fsp3) is 0.294. The van der Waals surface area contributed by atoms with Gasteiger partial charge in [0.2, 0.25) is 0 Å². The quantitative estimate of drug-likeness (QED) is 0.428. The molecular formula is C17H9BrF9. The Hall–Kier alpha value is -1.71. The SMILES string of the molecule is CCc1[c]c(Br)c(-c2cccc(F)c2F)c(C(F)(C(F)(F)F)C(F)(F)F)c1. The lowest BCUT2D eigenvalue weighted by atomic mass is 9.85. The van der Waals surface area contributed by atoms with Crippen molar-refractivity contribution in [2.45, 2.75) is 31.4 Å². The summed E-state index contributed by atoms with van der Waals surface area (Å²) in [5.74, 6) is -3.24. The van der Waals surface area contributed by atoms with Crippen LogP contribution >= 0.6 is 15.9 Å². The lowest BCUT2D eigenvalue weighted by Crippen LogP contribution is -2.50. The second kappa shape index (κ2) is 7.03. The zero-order chi connectivity index (χ0) is 20.8. The summed E-state index contributed by atoms with van der Waals surface area (Å²) in [4.78, 5) is 0. The maximum Gasteiger partial charge on any atom is 0.435 e. The molecule has 0 heterocycles. The van der Waals surface area contributed by atoms with Crippen LogP contribution in [0.5, 0.6) is 0 Å². The minimum absolute atomic E-state index is 0.0801. The van der Waals surface area contributed by atoms with Crippen molar-refractivity contribution in [3.05, 3.63) is 57.6 Å². The molecule has 2 aromatic rings. The number of halogens is 10. The van der Waals surface area contributed by atoms with Gasteiger partial charge in [0, 0.05) is 27.2 Å². The molecular weight excluding hydrogens is 455 g/mol. The van der Waals surface area contributed by atoms with Gasteiger partial charge in [-0.1, -0.05) is 25.1 Å². The maximum atomic E-state index is 14.7. The topological polar surface area (TPSA) is 0 Å². The summed E-state index contributed by atoms with van der Waals surface area (Å²) in [6.45, 7) is 1.39. The molecule has 0 spiro atoms. The molecule has 0 saturated heterocycles. The van der Waals surface area contributed by atoms with Crippen LogP contribution in [0.25, 0.3) is 11.1 Å². The molecule has 0 unspecified atom stereocenters. The van der Waals surface area contributed by atoms with Gasteiger partial charge in [0.25, 0.3) is 0 Å². The van der Waals surface area contributed by atoms with E-state index in [2.05, 4.69) is 22.0 Å². The van der Waals surface area contributed by atoms with Crippen molar-refractivity contribution in [3.8, 4) is 11.1 Å². The van der Waals surface area contributed by atoms with Crippen LogP contribution in [-0.2, 0) is 12.1 Å². The molecule has 0 fully saturated rings. The first-order valence-corrected chi connectivity index (χ1v) is 8.06. The molecule has 27 heavy (non-hydrogen) atoms. The lowest BCUT2D eigenvalue weighted by Gasteiger charge is -2.32. The van der Waals surface area contributed by atoms with Gasteiger partial charge in [-0.15, -0.1) is 0 Å². The standard InChI is InChI=1S/C17H9BrF9/c1-2-8-6-10(15(21,16(22,23)24)17(25,26)27)13(11(18)7-8)9-4-3-5-12(19)14(9)20/h3-6H,2H2,1H3. The second-order valence-corrected chi connectivity index (χ2v) is 6.30. The van der Waals surface area contributed by atoms with Crippen molar-refractivity contribution in [1.29, 1.82) is 0 Å². The Morgan fingerprint density at radius 2 is 1.52 bits per heavy atom. The molecule has 0 bridgehead atoms. The van der Waals surface area contributed by atoms with Crippen molar-refractivity contribution in [2.75, 3.05) is 0 Å². The van der Waals surface area contributed by atoms with E-state index < -0.39 is 50.8 Å². The van der Waals surface area contributed by atoms with E-state index >= 15 is 0 Å². The van der Waals surface area contributed by atoms with Crippen LogP contribution < -0.4 is 0 Å². The van der Waals surface area contributed by atoms with Crippen molar-refractivity contribution >= 4 is 15.9 Å². The van der Waals surface area contributed by atoms with E-state index in [0.29, 0.717) is 12.1 Å². The van der Waals surface area contributed by atoms with Gasteiger partial charge >= 0.3 is 18.0 Å². The molecule has 0 aliphatic rings. The Balaban J connectivity index is 3.02. The predicted molar refractivity (Wildman–Crippen MR) is 82.6 cm³/mol. The smallest absolute Gasteiger partial charge is 0.218 e. The van der Waals surface area contributed by atoms with Crippen molar-refractivity contribution in [2.24, 2.45) is 0 Å². The van der Waals surface area contributed by atoms with Crippen LogP contribution in [0.4, 0.5) is 39.5 Å². The molecule has 0 aliphatic carbocycles. The molecule has 2 rings (SSSR count). The van der Waals surface area contributed by atoms with Gasteiger partial charge in [0.1, 0.15) is 0 Å². The number of rotatable bonds is 3. The summed E-state index contributed by atoms with van der Waals surface area (Å²) < 4.78 is 121. The number of aryl methyl sites for hydroxylation is 1. The molecule has 0 aromatic heterocycles. The molecule has 2 aromatic carbocycles. The summed E-state index contributed by atoms with van der Waals surface area (Å²) in [5.41, 5.74) is -9.98. The van der Waals surface area contributed by atoms with Crippen molar-refractivity contribution < 1.29 is 39.5 Å². The number of hydrogen-bond acceptors (Lipinski definition) is 0. The van der Waals surface area contributed by atoms with Crippen LogP contribution in [-0.4, -0.2) is 12.4 Å². The third kappa shape index (κ3) is 3.55. The van der Waals surface area contributed by atoms with Crippen LogP contribution in [0.15, 0.2) is 28.7 Å². The highest BCUT2D eigenvalue weighted by molar-refractivity contribution is 9.10. The van der Waals surface area contributed by atoms with Crippen molar-refractivity contribution in [3.63, 3.8) is 0 Å². The highest BCUT2D eigenvalue weighted by Crippen LogP contribution is 2.56. The fourth-order valence-electron chi connectivity index (χ4n) is 2.49. The molecule has 147 valence electrons.